The van der Waals surface area contributed by atoms with Crippen molar-refractivity contribution in [3.05, 3.63) is 90.0 Å². The van der Waals surface area contributed by atoms with E-state index < -0.39 is 12.0 Å². The quantitative estimate of drug-likeness (QED) is 0.565. The van der Waals surface area contributed by atoms with E-state index in [2.05, 4.69) is 17.5 Å². The molecule has 0 bridgehead atoms. The highest BCUT2D eigenvalue weighted by Gasteiger charge is 2.39. The fourth-order valence-electron chi connectivity index (χ4n) is 4.34. The van der Waals surface area contributed by atoms with Crippen molar-refractivity contribution in [3.8, 4) is 23.3 Å². The van der Waals surface area contributed by atoms with Gasteiger partial charge in [0.05, 0.1) is 30.2 Å². The fourth-order valence-corrected chi connectivity index (χ4v) is 4.34. The molecule has 0 spiro atoms. The van der Waals surface area contributed by atoms with Gasteiger partial charge in [0.25, 0.3) is 5.91 Å². The molecule has 1 saturated heterocycles. The van der Waals surface area contributed by atoms with Gasteiger partial charge in [0.2, 0.25) is 11.8 Å². The van der Waals surface area contributed by atoms with E-state index in [9.17, 15) is 19.6 Å². The maximum absolute atomic E-state index is 13.1. The molecule has 184 valence electrons. The Morgan fingerprint density at radius 1 is 0.973 bits per heavy atom. The molecule has 0 radical (unpaired) electrons. The number of hydrogen-bond donors (Lipinski definition) is 1. The van der Waals surface area contributed by atoms with Gasteiger partial charge in [-0.1, -0.05) is 42.5 Å². The lowest BCUT2D eigenvalue weighted by Crippen LogP contribution is -2.43. The highest BCUT2D eigenvalue weighted by Crippen LogP contribution is 2.25. The van der Waals surface area contributed by atoms with Gasteiger partial charge >= 0.3 is 0 Å². The van der Waals surface area contributed by atoms with Crippen LogP contribution in [-0.4, -0.2) is 53.7 Å². The molecule has 0 aromatic heterocycles. The topological polar surface area (TPSA) is 117 Å². The van der Waals surface area contributed by atoms with Crippen molar-refractivity contribution in [1.82, 2.24) is 9.80 Å². The van der Waals surface area contributed by atoms with Crippen LogP contribution in [0.15, 0.2) is 78.9 Å². The summed E-state index contributed by atoms with van der Waals surface area (Å²) in [6, 6.07) is 26.6. The molecule has 2 atom stereocenters. The van der Waals surface area contributed by atoms with Gasteiger partial charge in [-0.2, -0.15) is 10.5 Å². The number of nitrogens with zero attached hydrogens (tertiary/aromatic N) is 4. The first-order valence-corrected chi connectivity index (χ1v) is 11.8. The minimum Gasteiger partial charge on any atom is -0.332 e. The molecular weight excluding hydrogens is 466 g/mol. The van der Waals surface area contributed by atoms with E-state index in [4.69, 9.17) is 5.26 Å². The zero-order chi connectivity index (χ0) is 26.4. The number of para-hydroxylation sites is 1. The minimum absolute atomic E-state index is 0.117. The Balaban J connectivity index is 1.40. The zero-order valence-electron chi connectivity index (χ0n) is 20.3. The molecule has 4 rings (SSSR count). The molecule has 8 heteroatoms. The summed E-state index contributed by atoms with van der Waals surface area (Å²) >= 11 is 0. The molecule has 3 aromatic rings. The summed E-state index contributed by atoms with van der Waals surface area (Å²) in [5.41, 5.74) is 3.29. The summed E-state index contributed by atoms with van der Waals surface area (Å²) < 4.78 is 0. The third-order valence-electron chi connectivity index (χ3n) is 6.36. The summed E-state index contributed by atoms with van der Waals surface area (Å²) in [7, 11) is 1.53. The number of benzene rings is 3. The molecule has 37 heavy (non-hydrogen) atoms. The van der Waals surface area contributed by atoms with E-state index in [1.165, 1.54) is 16.8 Å². The van der Waals surface area contributed by atoms with Crippen LogP contribution < -0.4 is 5.32 Å². The standard InChI is InChI=1S/C29H25N5O3/c1-33(29(37)23-7-5-6-22(14-23)21-12-10-20(16-30)11-13-21)19-27(35)34-18-24(15-26(34)17-31)28(36)32-25-8-3-2-4-9-25/h2-14,24,26H,15,18-19H2,1H3,(H,32,36). The number of rotatable bonds is 6. The monoisotopic (exact) mass is 491 g/mol. The van der Waals surface area contributed by atoms with Gasteiger partial charge in [-0.15, -0.1) is 0 Å². The smallest absolute Gasteiger partial charge is 0.254 e. The Bertz CT molecular complexity index is 1390. The SMILES string of the molecule is CN(CC(=O)N1CC(C(=O)Nc2ccccc2)CC1C#N)C(=O)c1cccc(-c2ccc(C#N)cc2)c1. The van der Waals surface area contributed by atoms with Crippen molar-refractivity contribution < 1.29 is 14.4 Å². The summed E-state index contributed by atoms with van der Waals surface area (Å²) in [6.45, 7) is -0.100. The highest BCUT2D eigenvalue weighted by atomic mass is 16.2. The molecule has 2 unspecified atom stereocenters. The second kappa shape index (κ2) is 11.2. The molecule has 1 aliphatic rings. The van der Waals surface area contributed by atoms with Crippen molar-refractivity contribution >= 4 is 23.4 Å². The van der Waals surface area contributed by atoms with Gasteiger partial charge in [-0.3, -0.25) is 14.4 Å². The Morgan fingerprint density at radius 3 is 2.38 bits per heavy atom. The maximum Gasteiger partial charge on any atom is 0.254 e. The first kappa shape index (κ1) is 25.2. The molecule has 3 amide bonds. The van der Waals surface area contributed by atoms with Gasteiger partial charge in [-0.25, -0.2) is 0 Å². The summed E-state index contributed by atoms with van der Waals surface area (Å²) in [5.74, 6) is -1.49. The van der Waals surface area contributed by atoms with Gasteiger partial charge < -0.3 is 15.1 Å². The van der Waals surface area contributed by atoms with E-state index >= 15 is 0 Å². The van der Waals surface area contributed by atoms with E-state index in [-0.39, 0.29) is 37.2 Å². The zero-order valence-corrected chi connectivity index (χ0v) is 20.3. The van der Waals surface area contributed by atoms with Crippen LogP contribution >= 0.6 is 0 Å². The number of nitriles is 2. The molecule has 1 heterocycles. The van der Waals surface area contributed by atoms with Crippen LogP contribution in [0.4, 0.5) is 5.69 Å². The third kappa shape index (κ3) is 5.83. The normalized spacial score (nSPS) is 16.4. The van der Waals surface area contributed by atoms with Crippen molar-refractivity contribution in [2.45, 2.75) is 12.5 Å². The number of carbonyl (C=O) groups is 3. The van der Waals surface area contributed by atoms with Crippen LogP contribution in [0.3, 0.4) is 0 Å². The van der Waals surface area contributed by atoms with E-state index in [0.717, 1.165) is 11.1 Å². The average Bonchev–Trinajstić information content (AvgIpc) is 3.38. The lowest BCUT2D eigenvalue weighted by molar-refractivity contribution is -0.131. The lowest BCUT2D eigenvalue weighted by Gasteiger charge is -2.24. The molecule has 0 saturated carbocycles. The fraction of sp³-hybridized carbons (Fsp3) is 0.207. The third-order valence-corrected chi connectivity index (χ3v) is 6.36. The predicted molar refractivity (Wildman–Crippen MR) is 138 cm³/mol. The number of nitrogens with one attached hydrogen (secondary N) is 1. The van der Waals surface area contributed by atoms with E-state index in [1.54, 1.807) is 42.5 Å². The largest absolute Gasteiger partial charge is 0.332 e. The number of carbonyl (C=O) groups excluding carboxylic acids is 3. The van der Waals surface area contributed by atoms with Crippen molar-refractivity contribution in [2.24, 2.45) is 5.92 Å². The highest BCUT2D eigenvalue weighted by molar-refractivity contribution is 5.98. The number of anilines is 1. The Labute approximate surface area is 215 Å². The average molecular weight is 492 g/mol. The Morgan fingerprint density at radius 2 is 1.70 bits per heavy atom. The maximum atomic E-state index is 13.1. The van der Waals surface area contributed by atoms with Gasteiger partial charge in [0.15, 0.2) is 0 Å². The molecule has 1 fully saturated rings. The van der Waals surface area contributed by atoms with E-state index in [0.29, 0.717) is 16.8 Å². The second-order valence-corrected chi connectivity index (χ2v) is 8.91. The molecule has 0 aliphatic carbocycles. The number of hydrogen-bond acceptors (Lipinski definition) is 5. The van der Waals surface area contributed by atoms with Crippen LogP contribution in [-0.2, 0) is 9.59 Å². The first-order valence-electron chi connectivity index (χ1n) is 11.8. The molecule has 1 N–H and O–H groups in total. The van der Waals surface area contributed by atoms with Gasteiger partial charge in [0, 0.05) is 24.8 Å². The number of likely N-dealkylation sites (N-methyl/N-ethyl adjacent to an activating group) is 1. The summed E-state index contributed by atoms with van der Waals surface area (Å²) in [4.78, 5) is 41.5. The molecular formula is C29H25N5O3. The van der Waals surface area contributed by atoms with Crippen molar-refractivity contribution in [3.63, 3.8) is 0 Å². The predicted octanol–water partition coefficient (Wildman–Crippen LogP) is 3.68. The first-order chi connectivity index (χ1) is 17.9. The van der Waals surface area contributed by atoms with Crippen LogP contribution in [0.25, 0.3) is 11.1 Å². The molecule has 1 aliphatic heterocycles. The van der Waals surface area contributed by atoms with Crippen LogP contribution in [0, 0.1) is 28.6 Å². The minimum atomic E-state index is -0.734. The second-order valence-electron chi connectivity index (χ2n) is 8.91. The Hall–Kier alpha value is -4.95. The number of likely N-dealkylation sites (tertiary alicyclic amines) is 1. The van der Waals surface area contributed by atoms with Crippen LogP contribution in [0.2, 0.25) is 0 Å². The molecule has 8 nitrogen and oxygen atoms in total. The molecule has 3 aromatic carbocycles. The van der Waals surface area contributed by atoms with Crippen LogP contribution in [0.1, 0.15) is 22.3 Å². The summed E-state index contributed by atoms with van der Waals surface area (Å²) in [6.07, 6.45) is 0.241. The van der Waals surface area contributed by atoms with Crippen LogP contribution in [0.5, 0.6) is 0 Å². The van der Waals surface area contributed by atoms with E-state index in [1.807, 2.05) is 36.4 Å². The van der Waals surface area contributed by atoms with Gasteiger partial charge in [0.1, 0.15) is 6.04 Å². The Kier molecular flexibility index (Phi) is 7.61. The lowest BCUT2D eigenvalue weighted by atomic mass is 10.0. The number of amides is 3. The van der Waals surface area contributed by atoms with Crippen molar-refractivity contribution in [2.75, 3.05) is 25.5 Å². The van der Waals surface area contributed by atoms with Gasteiger partial charge in [-0.05, 0) is 53.9 Å². The van der Waals surface area contributed by atoms with Crippen molar-refractivity contribution in [1.29, 1.82) is 10.5 Å². The summed E-state index contributed by atoms with van der Waals surface area (Å²) in [5, 5.41) is 21.4.